The lowest BCUT2D eigenvalue weighted by atomic mass is 9.87. The molecule has 1 aromatic carbocycles. The number of nitrogens with one attached hydrogen (secondary N) is 1. The first-order chi connectivity index (χ1) is 17.9. The summed E-state index contributed by atoms with van der Waals surface area (Å²) in [5.74, 6) is 0.0939. The average Bonchev–Trinajstić information content (AvgIpc) is 3.60. The lowest BCUT2D eigenvalue weighted by molar-refractivity contribution is -0.136. The molecule has 2 fully saturated rings. The molecule has 7 nitrogen and oxygen atoms in total. The smallest absolute Gasteiger partial charge is 0.242 e. The molecular formula is C28H29F2N5O2. The van der Waals surface area contributed by atoms with Crippen molar-refractivity contribution in [3.63, 3.8) is 0 Å². The second-order valence-electron chi connectivity index (χ2n) is 10.3. The van der Waals surface area contributed by atoms with E-state index in [1.165, 1.54) is 0 Å². The number of hydrogen-bond acceptors (Lipinski definition) is 3. The number of aromatic amines is 1. The third-order valence-corrected chi connectivity index (χ3v) is 7.93. The predicted molar refractivity (Wildman–Crippen MR) is 136 cm³/mol. The predicted octanol–water partition coefficient (Wildman–Crippen LogP) is 4.47. The van der Waals surface area contributed by atoms with E-state index in [1.807, 2.05) is 39.9 Å². The van der Waals surface area contributed by atoms with E-state index in [-0.39, 0.29) is 30.1 Å². The van der Waals surface area contributed by atoms with Crippen LogP contribution in [0.1, 0.15) is 36.3 Å². The van der Waals surface area contributed by atoms with Crippen LogP contribution in [0, 0.1) is 5.92 Å². The summed E-state index contributed by atoms with van der Waals surface area (Å²) in [7, 11) is 1.74. The molecular weight excluding hydrogens is 476 g/mol. The molecule has 2 saturated heterocycles. The SMILES string of the molecule is CN1CC(C(=O)N2CCC(c3ccc4[nH]c(-c5ccc6nccn6c5)c(CC(F)F)c4c3)CC2)CC1=O. The number of amides is 2. The zero-order chi connectivity index (χ0) is 25.7. The van der Waals surface area contributed by atoms with Crippen LogP contribution in [0.2, 0.25) is 0 Å². The molecule has 1 atom stereocenters. The molecule has 0 saturated carbocycles. The fourth-order valence-electron chi connectivity index (χ4n) is 5.92. The van der Waals surface area contributed by atoms with Gasteiger partial charge in [-0.2, -0.15) is 0 Å². The number of halogens is 2. The van der Waals surface area contributed by atoms with Crippen LogP contribution in [0.15, 0.2) is 48.9 Å². The molecule has 0 spiro atoms. The summed E-state index contributed by atoms with van der Waals surface area (Å²) >= 11 is 0. The highest BCUT2D eigenvalue weighted by Gasteiger charge is 2.36. The van der Waals surface area contributed by atoms with E-state index in [2.05, 4.69) is 22.1 Å². The Bertz CT molecular complexity index is 1480. The molecule has 3 aromatic heterocycles. The minimum atomic E-state index is -2.46. The Hall–Kier alpha value is -3.75. The van der Waals surface area contributed by atoms with E-state index in [0.29, 0.717) is 37.3 Å². The van der Waals surface area contributed by atoms with Gasteiger partial charge in [-0.25, -0.2) is 13.8 Å². The van der Waals surface area contributed by atoms with Crippen molar-refractivity contribution in [1.82, 2.24) is 24.2 Å². The molecule has 1 N–H and O–H groups in total. The van der Waals surface area contributed by atoms with Crippen LogP contribution in [0.3, 0.4) is 0 Å². The number of aromatic nitrogens is 3. The van der Waals surface area contributed by atoms with Crippen LogP contribution >= 0.6 is 0 Å². The molecule has 2 amide bonds. The normalized spacial score (nSPS) is 19.1. The number of H-pyrrole nitrogens is 1. The second-order valence-corrected chi connectivity index (χ2v) is 10.3. The number of imidazole rings is 1. The summed E-state index contributed by atoms with van der Waals surface area (Å²) in [5.41, 5.74) is 4.91. The second kappa shape index (κ2) is 9.28. The number of hydrogen-bond donors (Lipinski definition) is 1. The van der Waals surface area contributed by atoms with Crippen molar-refractivity contribution >= 4 is 28.4 Å². The van der Waals surface area contributed by atoms with Crippen LogP contribution < -0.4 is 0 Å². The maximum atomic E-state index is 13.7. The highest BCUT2D eigenvalue weighted by molar-refractivity contribution is 5.92. The van der Waals surface area contributed by atoms with E-state index in [0.717, 1.165) is 40.5 Å². The zero-order valence-electron chi connectivity index (χ0n) is 20.7. The van der Waals surface area contributed by atoms with Gasteiger partial charge in [-0.1, -0.05) is 6.07 Å². The number of likely N-dealkylation sites (tertiary alicyclic amines) is 2. The summed E-state index contributed by atoms with van der Waals surface area (Å²) in [6.45, 7) is 1.77. The Balaban J connectivity index is 1.25. The molecule has 192 valence electrons. The monoisotopic (exact) mass is 505 g/mol. The summed E-state index contributed by atoms with van der Waals surface area (Å²) in [6.07, 6.45) is 4.58. The Morgan fingerprint density at radius 2 is 2.00 bits per heavy atom. The van der Waals surface area contributed by atoms with Gasteiger partial charge < -0.3 is 19.2 Å². The molecule has 2 aliphatic heterocycles. The minimum absolute atomic E-state index is 0.0250. The highest BCUT2D eigenvalue weighted by Crippen LogP contribution is 2.36. The summed E-state index contributed by atoms with van der Waals surface area (Å²) in [6, 6.07) is 9.89. The number of carbonyl (C=O) groups excluding carboxylic acids is 2. The topological polar surface area (TPSA) is 73.7 Å². The molecule has 6 rings (SSSR count). The van der Waals surface area contributed by atoms with Crippen LogP contribution in [0.25, 0.3) is 27.8 Å². The van der Waals surface area contributed by atoms with Crippen LogP contribution in [-0.2, 0) is 16.0 Å². The standard InChI is InChI=1S/C28H29F2N5O2/c1-33-15-20(13-26(33)36)28(37)34-9-6-17(7-10-34)18-2-4-23-21(12-18)22(14-24(29)30)27(32-23)19-3-5-25-31-8-11-35(25)16-19/h2-5,8,11-12,16-17,20,24,32H,6-7,9-10,13-15H2,1H3. The van der Waals surface area contributed by atoms with Crippen LogP contribution in [0.5, 0.6) is 0 Å². The summed E-state index contributed by atoms with van der Waals surface area (Å²) in [4.78, 5) is 35.9. The van der Waals surface area contributed by atoms with Gasteiger partial charge in [-0.05, 0) is 54.2 Å². The Morgan fingerprint density at radius 1 is 1.19 bits per heavy atom. The van der Waals surface area contributed by atoms with Crippen molar-refractivity contribution in [3.8, 4) is 11.3 Å². The minimum Gasteiger partial charge on any atom is -0.354 e. The molecule has 37 heavy (non-hydrogen) atoms. The number of fused-ring (bicyclic) bond motifs is 2. The Kier molecular flexibility index (Phi) is 5.93. The third-order valence-electron chi connectivity index (χ3n) is 7.93. The quantitative estimate of drug-likeness (QED) is 0.435. The fraction of sp³-hybridized carbons (Fsp3) is 0.393. The van der Waals surface area contributed by atoms with Crippen molar-refractivity contribution in [2.24, 2.45) is 5.92 Å². The maximum Gasteiger partial charge on any atom is 0.242 e. The Morgan fingerprint density at radius 3 is 2.73 bits per heavy atom. The van der Waals surface area contributed by atoms with Gasteiger partial charge >= 0.3 is 0 Å². The van der Waals surface area contributed by atoms with Crippen LogP contribution in [0.4, 0.5) is 8.78 Å². The van der Waals surface area contributed by atoms with Crippen molar-refractivity contribution < 1.29 is 18.4 Å². The van der Waals surface area contributed by atoms with E-state index in [1.54, 1.807) is 18.1 Å². The maximum absolute atomic E-state index is 13.7. The van der Waals surface area contributed by atoms with E-state index in [4.69, 9.17) is 0 Å². The van der Waals surface area contributed by atoms with E-state index >= 15 is 0 Å². The van der Waals surface area contributed by atoms with Gasteiger partial charge in [0.1, 0.15) is 5.65 Å². The lowest BCUT2D eigenvalue weighted by Crippen LogP contribution is -2.42. The number of pyridine rings is 1. The van der Waals surface area contributed by atoms with Crippen molar-refractivity contribution in [2.45, 2.75) is 38.0 Å². The van der Waals surface area contributed by atoms with Crippen molar-refractivity contribution in [2.75, 3.05) is 26.7 Å². The molecule has 5 heterocycles. The molecule has 0 bridgehead atoms. The molecule has 0 radical (unpaired) electrons. The highest BCUT2D eigenvalue weighted by atomic mass is 19.3. The largest absolute Gasteiger partial charge is 0.354 e. The molecule has 9 heteroatoms. The number of benzene rings is 1. The zero-order valence-corrected chi connectivity index (χ0v) is 20.7. The van der Waals surface area contributed by atoms with E-state index < -0.39 is 6.43 Å². The molecule has 4 aromatic rings. The first kappa shape index (κ1) is 23.6. The first-order valence-electron chi connectivity index (χ1n) is 12.8. The summed E-state index contributed by atoms with van der Waals surface area (Å²) < 4.78 is 29.3. The Labute approximate surface area is 213 Å². The van der Waals surface area contributed by atoms with Gasteiger partial charge in [0.15, 0.2) is 0 Å². The number of alkyl halides is 2. The van der Waals surface area contributed by atoms with Crippen LogP contribution in [-0.4, -0.2) is 69.1 Å². The average molecular weight is 506 g/mol. The third kappa shape index (κ3) is 4.36. The van der Waals surface area contributed by atoms with Gasteiger partial charge in [0.05, 0.1) is 11.6 Å². The van der Waals surface area contributed by atoms with Gasteiger partial charge in [0, 0.05) is 74.6 Å². The van der Waals surface area contributed by atoms with Gasteiger partial charge in [-0.15, -0.1) is 0 Å². The summed E-state index contributed by atoms with van der Waals surface area (Å²) in [5, 5.41) is 0.824. The lowest BCUT2D eigenvalue weighted by Gasteiger charge is -2.33. The fourth-order valence-corrected chi connectivity index (χ4v) is 5.92. The molecule has 0 aliphatic carbocycles. The van der Waals surface area contributed by atoms with Gasteiger partial charge in [0.25, 0.3) is 0 Å². The van der Waals surface area contributed by atoms with Gasteiger partial charge in [0.2, 0.25) is 18.2 Å². The number of carbonyl (C=O) groups is 2. The molecule has 2 aliphatic rings. The van der Waals surface area contributed by atoms with Crippen molar-refractivity contribution in [1.29, 1.82) is 0 Å². The van der Waals surface area contributed by atoms with Crippen molar-refractivity contribution in [3.05, 3.63) is 60.0 Å². The van der Waals surface area contributed by atoms with Gasteiger partial charge in [-0.3, -0.25) is 9.59 Å². The molecule has 1 unspecified atom stereocenters. The number of nitrogens with zero attached hydrogens (tertiary/aromatic N) is 4. The van der Waals surface area contributed by atoms with E-state index in [9.17, 15) is 18.4 Å². The number of rotatable bonds is 5. The first-order valence-corrected chi connectivity index (χ1v) is 12.8. The number of piperidine rings is 1.